The van der Waals surface area contributed by atoms with Crippen LogP contribution in [0.15, 0.2) is 36.1 Å². The molecule has 1 saturated carbocycles. The molecule has 0 spiro atoms. The van der Waals surface area contributed by atoms with Crippen molar-refractivity contribution in [1.29, 1.82) is 0 Å². The van der Waals surface area contributed by atoms with Gasteiger partial charge in [0, 0.05) is 17.5 Å². The summed E-state index contributed by atoms with van der Waals surface area (Å²) in [6.07, 6.45) is 1.92. The Kier molecular flexibility index (Phi) is 4.97. The number of methoxy groups -OCH3 is 1. The van der Waals surface area contributed by atoms with Gasteiger partial charge in [-0.3, -0.25) is 5.32 Å². The number of rotatable bonds is 3. The highest BCUT2D eigenvalue weighted by Crippen LogP contribution is 2.46. The first kappa shape index (κ1) is 17.3. The summed E-state index contributed by atoms with van der Waals surface area (Å²) in [4.78, 5) is 24.1. The number of hydrogen-bond donors (Lipinski definition) is 1. The number of carbonyl (C=O) groups excluding carboxylic acids is 2. The minimum atomic E-state index is -0.707. The average Bonchev–Trinajstić information content (AvgIpc) is 2.99. The summed E-state index contributed by atoms with van der Waals surface area (Å²) in [7, 11) is 1.36. The molecule has 6 heteroatoms. The van der Waals surface area contributed by atoms with Crippen molar-refractivity contribution in [1.82, 2.24) is 0 Å². The molecule has 0 saturated heterocycles. The molecular formula is C19H23NO5. The van der Waals surface area contributed by atoms with Crippen molar-refractivity contribution in [2.24, 2.45) is 17.8 Å². The maximum atomic E-state index is 12.2. The topological polar surface area (TPSA) is 73.9 Å². The third-order valence-electron chi connectivity index (χ3n) is 5.04. The van der Waals surface area contributed by atoms with Crippen LogP contribution >= 0.6 is 0 Å². The van der Waals surface area contributed by atoms with Gasteiger partial charge in [0.15, 0.2) is 0 Å². The summed E-state index contributed by atoms with van der Waals surface area (Å²) >= 11 is 0. The average molecular weight is 345 g/mol. The van der Waals surface area contributed by atoms with Gasteiger partial charge in [-0.1, -0.05) is 24.6 Å². The van der Waals surface area contributed by atoms with Crippen LogP contribution in [0.4, 0.5) is 10.5 Å². The third kappa shape index (κ3) is 3.62. The van der Waals surface area contributed by atoms with Gasteiger partial charge in [0.25, 0.3) is 0 Å². The minimum Gasteiger partial charge on any atom is -0.466 e. The lowest BCUT2D eigenvalue weighted by Crippen LogP contribution is -2.39. The summed E-state index contributed by atoms with van der Waals surface area (Å²) in [5.74, 6) is -0.154. The van der Waals surface area contributed by atoms with Gasteiger partial charge in [0.1, 0.15) is 0 Å². The van der Waals surface area contributed by atoms with Gasteiger partial charge in [0.05, 0.1) is 18.9 Å². The van der Waals surface area contributed by atoms with E-state index in [0.29, 0.717) is 11.3 Å². The van der Waals surface area contributed by atoms with E-state index in [9.17, 15) is 9.59 Å². The van der Waals surface area contributed by atoms with Crippen LogP contribution in [0, 0.1) is 24.7 Å². The van der Waals surface area contributed by atoms with Crippen molar-refractivity contribution >= 4 is 17.7 Å². The Labute approximate surface area is 147 Å². The number of benzene rings is 1. The fourth-order valence-electron chi connectivity index (χ4n) is 3.68. The van der Waals surface area contributed by atoms with Crippen molar-refractivity contribution in [2.75, 3.05) is 12.4 Å². The first-order valence-electron chi connectivity index (χ1n) is 8.47. The molecule has 0 radical (unpaired) electrons. The highest BCUT2D eigenvalue weighted by atomic mass is 16.7. The van der Waals surface area contributed by atoms with E-state index in [1.165, 1.54) is 13.4 Å². The Morgan fingerprint density at radius 3 is 2.60 bits per heavy atom. The third-order valence-corrected chi connectivity index (χ3v) is 5.04. The van der Waals surface area contributed by atoms with Crippen LogP contribution < -0.4 is 5.32 Å². The maximum absolute atomic E-state index is 12.2. The number of esters is 1. The Hall–Kier alpha value is -2.50. The molecule has 4 atom stereocenters. The van der Waals surface area contributed by atoms with Gasteiger partial charge >= 0.3 is 12.1 Å². The summed E-state index contributed by atoms with van der Waals surface area (Å²) in [5.41, 5.74) is 2.29. The second-order valence-electron chi connectivity index (χ2n) is 6.70. The molecule has 1 heterocycles. The number of fused-ring (bicyclic) bond motifs is 1. The fraction of sp³-hybridized carbons (Fsp3) is 0.474. The molecule has 0 aromatic heterocycles. The van der Waals surface area contributed by atoms with Gasteiger partial charge in [-0.15, -0.1) is 0 Å². The highest BCUT2D eigenvalue weighted by Gasteiger charge is 2.48. The molecule has 1 N–H and O–H groups in total. The lowest BCUT2D eigenvalue weighted by atomic mass is 9.83. The van der Waals surface area contributed by atoms with Crippen LogP contribution in [0.1, 0.15) is 25.3 Å². The molecular weight excluding hydrogens is 322 g/mol. The van der Waals surface area contributed by atoms with Gasteiger partial charge in [-0.2, -0.15) is 0 Å². The van der Waals surface area contributed by atoms with Gasteiger partial charge in [-0.25, -0.2) is 9.59 Å². The molecule has 1 amide bonds. The van der Waals surface area contributed by atoms with Crippen LogP contribution in [0.2, 0.25) is 0 Å². The number of ether oxygens (including phenoxy) is 3. The zero-order valence-electron chi connectivity index (χ0n) is 14.7. The van der Waals surface area contributed by atoms with E-state index >= 15 is 0 Å². The zero-order chi connectivity index (χ0) is 18.0. The van der Waals surface area contributed by atoms with Crippen LogP contribution in [0.3, 0.4) is 0 Å². The largest absolute Gasteiger partial charge is 0.466 e. The van der Waals surface area contributed by atoms with E-state index in [2.05, 4.69) is 12.2 Å². The van der Waals surface area contributed by atoms with E-state index in [4.69, 9.17) is 14.2 Å². The number of carbonyl (C=O) groups is 2. The van der Waals surface area contributed by atoms with E-state index in [1.807, 2.05) is 31.2 Å². The van der Waals surface area contributed by atoms with Crippen molar-refractivity contribution in [3.05, 3.63) is 41.7 Å². The lowest BCUT2D eigenvalue weighted by Gasteiger charge is -2.34. The normalized spacial score (nSPS) is 27.6. The predicted molar refractivity (Wildman–Crippen MR) is 91.6 cm³/mol. The van der Waals surface area contributed by atoms with E-state index < -0.39 is 12.4 Å². The number of hydrogen-bond acceptors (Lipinski definition) is 5. The maximum Gasteiger partial charge on any atom is 0.414 e. The smallest absolute Gasteiger partial charge is 0.414 e. The number of aryl methyl sites for hydroxylation is 1. The molecule has 1 aliphatic heterocycles. The quantitative estimate of drug-likeness (QED) is 0.847. The van der Waals surface area contributed by atoms with E-state index in [0.717, 1.165) is 18.4 Å². The SMILES string of the molecule is COC(=O)C1=COC(OC(=O)Nc2ccc(C)cc2)C2C(C)CCC12. The van der Waals surface area contributed by atoms with Crippen LogP contribution in [0.25, 0.3) is 0 Å². The number of nitrogens with one attached hydrogen (secondary N) is 1. The minimum absolute atomic E-state index is 0.00613. The van der Waals surface area contributed by atoms with E-state index in [-0.39, 0.29) is 23.7 Å². The molecule has 25 heavy (non-hydrogen) atoms. The van der Waals surface area contributed by atoms with Gasteiger partial charge in [0.2, 0.25) is 6.29 Å². The second-order valence-corrected chi connectivity index (χ2v) is 6.70. The van der Waals surface area contributed by atoms with Gasteiger partial charge < -0.3 is 14.2 Å². The molecule has 1 aliphatic carbocycles. The zero-order valence-corrected chi connectivity index (χ0v) is 14.7. The van der Waals surface area contributed by atoms with E-state index in [1.54, 1.807) is 0 Å². The number of anilines is 1. The Morgan fingerprint density at radius 2 is 1.92 bits per heavy atom. The van der Waals surface area contributed by atoms with Crippen LogP contribution in [-0.4, -0.2) is 25.5 Å². The summed E-state index contributed by atoms with van der Waals surface area (Å²) in [5, 5.41) is 2.70. The molecule has 134 valence electrons. The predicted octanol–water partition coefficient (Wildman–Crippen LogP) is 3.62. The second kappa shape index (κ2) is 7.17. The fourth-order valence-corrected chi connectivity index (χ4v) is 3.68. The number of amides is 1. The lowest BCUT2D eigenvalue weighted by molar-refractivity contribution is -0.144. The molecule has 0 bridgehead atoms. The van der Waals surface area contributed by atoms with Crippen molar-refractivity contribution < 1.29 is 23.8 Å². The summed E-state index contributed by atoms with van der Waals surface area (Å²) in [6, 6.07) is 7.45. The standard InChI is InChI=1S/C19H23NO5/c1-11-4-7-13(8-5-11)20-19(22)25-18-16-12(2)6-9-14(16)15(10-24-18)17(21)23-3/h4-5,7-8,10,12,14,16,18H,6,9H2,1-3H3,(H,20,22). The van der Waals surface area contributed by atoms with Crippen molar-refractivity contribution in [3.8, 4) is 0 Å². The molecule has 6 nitrogen and oxygen atoms in total. The van der Waals surface area contributed by atoms with Crippen molar-refractivity contribution in [3.63, 3.8) is 0 Å². The van der Waals surface area contributed by atoms with Gasteiger partial charge in [-0.05, 0) is 37.8 Å². The molecule has 3 rings (SSSR count). The summed E-state index contributed by atoms with van der Waals surface area (Å²) < 4.78 is 15.9. The molecule has 1 aromatic carbocycles. The Bertz CT molecular complexity index is 682. The molecule has 2 aliphatic rings. The highest BCUT2D eigenvalue weighted by molar-refractivity contribution is 5.89. The molecule has 1 fully saturated rings. The first-order chi connectivity index (χ1) is 12.0. The first-order valence-corrected chi connectivity index (χ1v) is 8.47. The Morgan fingerprint density at radius 1 is 1.20 bits per heavy atom. The molecule has 1 aromatic rings. The van der Waals surface area contributed by atoms with Crippen molar-refractivity contribution in [2.45, 2.75) is 33.0 Å². The monoisotopic (exact) mass is 345 g/mol. The molecule has 4 unspecified atom stereocenters. The van der Waals surface area contributed by atoms with Crippen LogP contribution in [0.5, 0.6) is 0 Å². The summed E-state index contributed by atoms with van der Waals surface area (Å²) in [6.45, 7) is 4.06. The Balaban J connectivity index is 1.69. The van der Waals surface area contributed by atoms with Crippen LogP contribution in [-0.2, 0) is 19.0 Å².